The smallest absolute Gasteiger partial charge is 0.393 e. The lowest BCUT2D eigenvalue weighted by Gasteiger charge is -2.23. The van der Waals surface area contributed by atoms with Crippen LogP contribution in [0, 0.1) is 12.8 Å². The number of fused-ring (bicyclic) bond motifs is 1. The Morgan fingerprint density at radius 2 is 1.76 bits per heavy atom. The van der Waals surface area contributed by atoms with Gasteiger partial charge in [0.1, 0.15) is 16.9 Å². The molecule has 156 valence electrons. The highest BCUT2D eigenvalue weighted by Gasteiger charge is 2.41. The summed E-state index contributed by atoms with van der Waals surface area (Å²) in [5.41, 5.74) is 1.72. The van der Waals surface area contributed by atoms with E-state index >= 15 is 0 Å². The summed E-state index contributed by atoms with van der Waals surface area (Å²) in [7, 11) is 1.45. The summed E-state index contributed by atoms with van der Waals surface area (Å²) < 4.78 is 52.3. The van der Waals surface area contributed by atoms with Crippen molar-refractivity contribution in [3.05, 3.63) is 47.4 Å². The summed E-state index contributed by atoms with van der Waals surface area (Å²) in [6, 6.07) is 8.62. The largest absolute Gasteiger partial charge is 0.480 e. The third kappa shape index (κ3) is 4.50. The lowest BCUT2D eigenvalue weighted by molar-refractivity contribution is -0.180. The summed E-state index contributed by atoms with van der Waals surface area (Å²) in [6.07, 6.45) is -4.35. The quantitative estimate of drug-likeness (QED) is 0.571. The Balaban J connectivity index is 1.98. The minimum Gasteiger partial charge on any atom is -0.480 e. The topological polar surface area (TPSA) is 62.1 Å². The van der Waals surface area contributed by atoms with Gasteiger partial charge >= 0.3 is 6.18 Å². The number of nitrogens with zero attached hydrogens (tertiary/aromatic N) is 4. The first-order valence-electron chi connectivity index (χ1n) is 9.20. The highest BCUT2D eigenvalue weighted by molar-refractivity contribution is 5.83. The molecule has 0 bridgehead atoms. The number of methoxy groups -OCH3 is 1. The fourth-order valence-electron chi connectivity index (χ4n) is 3.04. The molecule has 2 atom stereocenters. The first-order chi connectivity index (χ1) is 13.7. The van der Waals surface area contributed by atoms with Crippen LogP contribution in [-0.2, 0) is 18.0 Å². The molecular weight excluding hydrogens is 385 g/mol. The first kappa shape index (κ1) is 21.0. The predicted molar refractivity (Wildman–Crippen MR) is 101 cm³/mol. The molecule has 6 nitrogen and oxygen atoms in total. The van der Waals surface area contributed by atoms with Gasteiger partial charge in [-0.25, -0.2) is 9.67 Å². The third-order valence-corrected chi connectivity index (χ3v) is 4.87. The van der Waals surface area contributed by atoms with Crippen molar-refractivity contribution >= 4 is 11.0 Å². The molecular formula is C20H23F3N4O2. The zero-order valence-corrected chi connectivity index (χ0v) is 16.7. The van der Waals surface area contributed by atoms with Crippen LogP contribution in [0.1, 0.15) is 37.0 Å². The van der Waals surface area contributed by atoms with Crippen LogP contribution in [0.5, 0.6) is 5.88 Å². The van der Waals surface area contributed by atoms with Crippen molar-refractivity contribution in [1.29, 1.82) is 0 Å². The number of aryl methyl sites for hydroxylation is 1. The fourth-order valence-corrected chi connectivity index (χ4v) is 3.04. The molecule has 3 rings (SSSR count). The summed E-state index contributed by atoms with van der Waals surface area (Å²) >= 11 is 0. The average Bonchev–Trinajstić information content (AvgIpc) is 3.04. The van der Waals surface area contributed by atoms with Gasteiger partial charge in [0.25, 0.3) is 0 Å². The van der Waals surface area contributed by atoms with Gasteiger partial charge in [-0.2, -0.15) is 23.3 Å². The molecule has 2 heterocycles. The van der Waals surface area contributed by atoms with Crippen LogP contribution >= 0.6 is 0 Å². The Kier molecular flexibility index (Phi) is 6.07. The molecule has 1 aromatic carbocycles. The number of aromatic nitrogens is 4. The van der Waals surface area contributed by atoms with E-state index in [1.807, 2.05) is 30.3 Å². The Labute approximate surface area is 166 Å². The maximum Gasteiger partial charge on any atom is 0.393 e. The number of hydrogen-bond donors (Lipinski definition) is 0. The lowest BCUT2D eigenvalue weighted by atomic mass is 10.0. The van der Waals surface area contributed by atoms with Crippen molar-refractivity contribution in [2.24, 2.45) is 5.92 Å². The molecule has 0 aliphatic rings. The Bertz CT molecular complexity index is 973. The van der Waals surface area contributed by atoms with E-state index in [-0.39, 0.29) is 12.5 Å². The van der Waals surface area contributed by atoms with Crippen LogP contribution in [0.3, 0.4) is 0 Å². The molecule has 0 aliphatic carbocycles. The number of benzene rings is 1. The van der Waals surface area contributed by atoms with Crippen molar-refractivity contribution in [3.8, 4) is 5.88 Å². The molecule has 0 spiro atoms. The summed E-state index contributed by atoms with van der Waals surface area (Å²) in [6.45, 7) is 4.70. The van der Waals surface area contributed by atoms with E-state index in [2.05, 4.69) is 15.1 Å². The highest BCUT2D eigenvalue weighted by atomic mass is 19.4. The van der Waals surface area contributed by atoms with E-state index in [1.54, 1.807) is 6.92 Å². The van der Waals surface area contributed by atoms with Crippen molar-refractivity contribution in [2.75, 3.05) is 7.11 Å². The van der Waals surface area contributed by atoms with Crippen LogP contribution in [0.4, 0.5) is 13.2 Å². The minimum absolute atomic E-state index is 0.0916. The predicted octanol–water partition coefficient (Wildman–Crippen LogP) is 4.62. The monoisotopic (exact) mass is 408 g/mol. The summed E-state index contributed by atoms with van der Waals surface area (Å²) in [4.78, 5) is 8.59. The molecule has 0 amide bonds. The number of alkyl halides is 3. The second kappa shape index (κ2) is 8.36. The molecule has 0 radical (unpaired) electrons. The van der Waals surface area contributed by atoms with Gasteiger partial charge in [0.2, 0.25) is 5.88 Å². The number of ether oxygens (including phenoxy) is 2. The molecule has 2 aromatic heterocycles. The van der Waals surface area contributed by atoms with Gasteiger partial charge < -0.3 is 9.47 Å². The maximum absolute atomic E-state index is 13.3. The molecule has 0 saturated carbocycles. The molecule has 3 aromatic rings. The summed E-state index contributed by atoms with van der Waals surface area (Å²) in [5.74, 6) is -0.951. The van der Waals surface area contributed by atoms with Gasteiger partial charge in [0.15, 0.2) is 5.65 Å². The Hall–Kier alpha value is -2.68. The number of hydrogen-bond acceptors (Lipinski definition) is 5. The van der Waals surface area contributed by atoms with Crippen molar-refractivity contribution in [3.63, 3.8) is 0 Å². The van der Waals surface area contributed by atoms with Crippen molar-refractivity contribution < 1.29 is 22.6 Å². The van der Waals surface area contributed by atoms with E-state index in [1.165, 1.54) is 18.7 Å². The molecule has 0 saturated heterocycles. The van der Waals surface area contributed by atoms with Gasteiger partial charge in [0, 0.05) is 0 Å². The lowest BCUT2D eigenvalue weighted by Crippen LogP contribution is -2.29. The summed E-state index contributed by atoms with van der Waals surface area (Å²) in [5, 5.41) is 4.88. The van der Waals surface area contributed by atoms with Gasteiger partial charge in [-0.15, -0.1) is 0 Å². The SMILES string of the molecule is COc1nc(C)nc2c1c(COCc1ccccc1)nn2C(C)[C@H](C)C(F)(F)F. The van der Waals surface area contributed by atoms with Crippen molar-refractivity contribution in [2.45, 2.75) is 46.2 Å². The third-order valence-electron chi connectivity index (χ3n) is 4.87. The molecule has 1 unspecified atom stereocenters. The zero-order chi connectivity index (χ0) is 21.2. The van der Waals surface area contributed by atoms with E-state index in [0.717, 1.165) is 12.5 Å². The van der Waals surface area contributed by atoms with Crippen LogP contribution in [0.2, 0.25) is 0 Å². The fraction of sp³-hybridized carbons (Fsp3) is 0.450. The average molecular weight is 408 g/mol. The maximum atomic E-state index is 13.3. The second-order valence-corrected chi connectivity index (χ2v) is 6.92. The Morgan fingerprint density at radius 3 is 2.38 bits per heavy atom. The second-order valence-electron chi connectivity index (χ2n) is 6.92. The number of rotatable bonds is 7. The highest BCUT2D eigenvalue weighted by Crippen LogP contribution is 2.37. The van der Waals surface area contributed by atoms with Crippen LogP contribution in [0.15, 0.2) is 30.3 Å². The van der Waals surface area contributed by atoms with Crippen LogP contribution < -0.4 is 4.74 Å². The molecule has 9 heteroatoms. The molecule has 0 N–H and O–H groups in total. The zero-order valence-electron chi connectivity index (χ0n) is 16.7. The first-order valence-corrected chi connectivity index (χ1v) is 9.20. The van der Waals surface area contributed by atoms with Gasteiger partial charge in [-0.3, -0.25) is 0 Å². The van der Waals surface area contributed by atoms with E-state index < -0.39 is 18.1 Å². The van der Waals surface area contributed by atoms with Crippen LogP contribution in [0.25, 0.3) is 11.0 Å². The normalized spacial score (nSPS) is 14.2. The van der Waals surface area contributed by atoms with Gasteiger partial charge in [-0.1, -0.05) is 37.3 Å². The minimum atomic E-state index is -4.35. The standard InChI is InChI=1S/C20H23F3N4O2/c1-12(20(21,22)23)13(2)27-18-17(19(28-4)25-14(3)24-18)16(26-27)11-29-10-15-8-6-5-7-9-15/h5-9,12-13H,10-11H2,1-4H3/t12-,13?/m0/s1. The van der Waals surface area contributed by atoms with E-state index in [9.17, 15) is 13.2 Å². The van der Waals surface area contributed by atoms with Crippen LogP contribution in [-0.4, -0.2) is 33.0 Å². The molecule has 29 heavy (non-hydrogen) atoms. The van der Waals surface area contributed by atoms with Crippen molar-refractivity contribution in [1.82, 2.24) is 19.7 Å². The van der Waals surface area contributed by atoms with E-state index in [4.69, 9.17) is 9.47 Å². The van der Waals surface area contributed by atoms with Gasteiger partial charge in [0.05, 0.1) is 32.3 Å². The van der Waals surface area contributed by atoms with Gasteiger partial charge in [-0.05, 0) is 19.4 Å². The number of halogens is 3. The van der Waals surface area contributed by atoms with E-state index in [0.29, 0.717) is 29.2 Å². The Morgan fingerprint density at radius 1 is 1.07 bits per heavy atom. The molecule has 0 fully saturated rings. The molecule has 0 aliphatic heterocycles.